The van der Waals surface area contributed by atoms with Crippen LogP contribution >= 0.6 is 11.6 Å². The highest BCUT2D eigenvalue weighted by Gasteiger charge is 2.17. The predicted molar refractivity (Wildman–Crippen MR) is 103 cm³/mol. The van der Waals surface area contributed by atoms with Gasteiger partial charge in [0.25, 0.3) is 0 Å². The molecule has 0 bridgehead atoms. The quantitative estimate of drug-likeness (QED) is 0.644. The molecule has 0 amide bonds. The zero-order valence-electron chi connectivity index (χ0n) is 15.4. The smallest absolute Gasteiger partial charge is 0.201 e. The van der Waals surface area contributed by atoms with E-state index in [-0.39, 0.29) is 5.92 Å². The number of nitrogens with zero attached hydrogens (tertiary/aromatic N) is 6. The number of aromatic nitrogens is 6. The molecular weight excluding hydrogens is 352 g/mol. The fourth-order valence-corrected chi connectivity index (χ4v) is 2.74. The predicted octanol–water partition coefficient (Wildman–Crippen LogP) is 4.04. The lowest BCUT2D eigenvalue weighted by atomic mass is 10.2. The Kier molecular flexibility index (Phi) is 5.51. The molecule has 3 aromatic heterocycles. The Balaban J connectivity index is 2.05. The van der Waals surface area contributed by atoms with Gasteiger partial charge in [0.15, 0.2) is 16.8 Å². The molecule has 8 nitrogen and oxygen atoms in total. The van der Waals surface area contributed by atoms with E-state index in [1.165, 1.54) is 0 Å². The standard InChI is InChI=1S/C17H23ClN8/c1-5-11(6-2)19-15-9-12(20-14-8-7-13(18)21-22-14)17-24-23-16(10(3)4)26(17)25-15/h7-11H,5-6H2,1-4H3,(H,19,25)(H,20,22). The van der Waals surface area contributed by atoms with E-state index in [0.717, 1.165) is 30.2 Å². The van der Waals surface area contributed by atoms with Gasteiger partial charge in [0.1, 0.15) is 5.82 Å². The molecule has 0 saturated heterocycles. The van der Waals surface area contributed by atoms with Crippen molar-refractivity contribution in [1.29, 1.82) is 0 Å². The molecule has 3 aromatic rings. The van der Waals surface area contributed by atoms with E-state index < -0.39 is 0 Å². The number of nitrogens with one attached hydrogen (secondary N) is 2. The Morgan fingerprint density at radius 2 is 1.81 bits per heavy atom. The van der Waals surface area contributed by atoms with Crippen LogP contribution < -0.4 is 10.6 Å². The number of hydrogen-bond acceptors (Lipinski definition) is 7. The maximum Gasteiger partial charge on any atom is 0.201 e. The van der Waals surface area contributed by atoms with Crippen LogP contribution in [-0.4, -0.2) is 36.1 Å². The molecule has 0 aliphatic heterocycles. The van der Waals surface area contributed by atoms with Crippen LogP contribution in [0.25, 0.3) is 5.65 Å². The molecule has 3 rings (SSSR count). The summed E-state index contributed by atoms with van der Waals surface area (Å²) in [5.41, 5.74) is 1.39. The highest BCUT2D eigenvalue weighted by molar-refractivity contribution is 6.29. The van der Waals surface area contributed by atoms with Gasteiger partial charge in [-0.2, -0.15) is 4.52 Å². The van der Waals surface area contributed by atoms with E-state index in [9.17, 15) is 0 Å². The van der Waals surface area contributed by atoms with Gasteiger partial charge in [-0.05, 0) is 25.0 Å². The molecule has 0 aromatic carbocycles. The summed E-state index contributed by atoms with van der Waals surface area (Å²) in [5, 5.41) is 28.3. The summed E-state index contributed by atoms with van der Waals surface area (Å²) in [6.45, 7) is 8.44. The third-order valence-corrected chi connectivity index (χ3v) is 4.34. The van der Waals surface area contributed by atoms with Gasteiger partial charge < -0.3 is 10.6 Å². The van der Waals surface area contributed by atoms with Crippen LogP contribution in [0.3, 0.4) is 0 Å². The van der Waals surface area contributed by atoms with E-state index in [2.05, 4.69) is 58.7 Å². The van der Waals surface area contributed by atoms with Crippen molar-refractivity contribution < 1.29 is 0 Å². The fourth-order valence-electron chi connectivity index (χ4n) is 2.64. The van der Waals surface area contributed by atoms with Crippen molar-refractivity contribution in [3.8, 4) is 0 Å². The van der Waals surface area contributed by atoms with Crippen LogP contribution in [0.15, 0.2) is 18.2 Å². The molecule has 0 saturated carbocycles. The molecule has 0 fully saturated rings. The summed E-state index contributed by atoms with van der Waals surface area (Å²) in [6.07, 6.45) is 2.03. The van der Waals surface area contributed by atoms with Crippen LogP contribution in [0.2, 0.25) is 5.15 Å². The van der Waals surface area contributed by atoms with E-state index in [4.69, 9.17) is 16.7 Å². The van der Waals surface area contributed by atoms with Gasteiger partial charge in [0, 0.05) is 18.0 Å². The van der Waals surface area contributed by atoms with Crippen molar-refractivity contribution in [3.05, 3.63) is 29.2 Å². The first-order chi connectivity index (χ1) is 12.5. The van der Waals surface area contributed by atoms with Gasteiger partial charge in [-0.15, -0.1) is 25.5 Å². The minimum Gasteiger partial charge on any atom is -0.366 e. The Bertz CT molecular complexity index is 870. The van der Waals surface area contributed by atoms with Crippen molar-refractivity contribution in [2.24, 2.45) is 0 Å². The third-order valence-electron chi connectivity index (χ3n) is 4.14. The van der Waals surface area contributed by atoms with Gasteiger partial charge in [0.05, 0.1) is 5.69 Å². The molecule has 2 N–H and O–H groups in total. The van der Waals surface area contributed by atoms with Crippen LogP contribution in [0.4, 0.5) is 17.3 Å². The summed E-state index contributed by atoms with van der Waals surface area (Å²) in [5.74, 6) is 2.34. The molecule has 26 heavy (non-hydrogen) atoms. The highest BCUT2D eigenvalue weighted by Crippen LogP contribution is 2.25. The van der Waals surface area contributed by atoms with Gasteiger partial charge in [0.2, 0.25) is 5.65 Å². The van der Waals surface area contributed by atoms with E-state index in [1.54, 1.807) is 16.6 Å². The SMILES string of the molecule is CCC(CC)Nc1cc(Nc2ccc(Cl)nn2)c2nnc(C(C)C)n2n1. The minimum atomic E-state index is 0.198. The van der Waals surface area contributed by atoms with E-state index >= 15 is 0 Å². The Morgan fingerprint density at radius 1 is 1.04 bits per heavy atom. The molecule has 9 heteroatoms. The van der Waals surface area contributed by atoms with E-state index in [0.29, 0.717) is 22.7 Å². The molecule has 3 heterocycles. The molecule has 0 unspecified atom stereocenters. The Hall–Kier alpha value is -2.48. The number of hydrogen-bond donors (Lipinski definition) is 2. The monoisotopic (exact) mass is 374 g/mol. The molecule has 0 aliphatic rings. The third kappa shape index (κ3) is 3.85. The lowest BCUT2D eigenvalue weighted by Crippen LogP contribution is -2.19. The summed E-state index contributed by atoms with van der Waals surface area (Å²) in [7, 11) is 0. The van der Waals surface area contributed by atoms with Crippen LogP contribution in [0.1, 0.15) is 52.3 Å². The zero-order chi connectivity index (χ0) is 18.7. The van der Waals surface area contributed by atoms with Gasteiger partial charge >= 0.3 is 0 Å². The van der Waals surface area contributed by atoms with Crippen molar-refractivity contribution in [2.45, 2.75) is 52.5 Å². The molecule has 0 spiro atoms. The second-order valence-corrected chi connectivity index (χ2v) is 6.80. The maximum absolute atomic E-state index is 5.81. The van der Waals surface area contributed by atoms with Gasteiger partial charge in [-0.3, -0.25) is 0 Å². The second kappa shape index (κ2) is 7.82. The molecule has 0 aliphatic carbocycles. The van der Waals surface area contributed by atoms with Crippen molar-refractivity contribution in [1.82, 2.24) is 30.0 Å². The molecule has 0 atom stereocenters. The lowest BCUT2D eigenvalue weighted by Gasteiger charge is -2.17. The number of rotatable bonds is 7. The van der Waals surface area contributed by atoms with Gasteiger partial charge in [-0.1, -0.05) is 39.3 Å². The van der Waals surface area contributed by atoms with E-state index in [1.807, 2.05) is 6.07 Å². The zero-order valence-corrected chi connectivity index (χ0v) is 16.1. The number of fused-ring (bicyclic) bond motifs is 1. The number of anilines is 3. The first-order valence-corrected chi connectivity index (χ1v) is 9.18. The van der Waals surface area contributed by atoms with Crippen LogP contribution in [0, 0.1) is 0 Å². The average molecular weight is 375 g/mol. The second-order valence-electron chi connectivity index (χ2n) is 6.42. The number of halogens is 1. The van der Waals surface area contributed by atoms with Crippen LogP contribution in [0.5, 0.6) is 0 Å². The van der Waals surface area contributed by atoms with Crippen molar-refractivity contribution in [3.63, 3.8) is 0 Å². The Labute approximate surface area is 157 Å². The summed E-state index contributed by atoms with van der Waals surface area (Å²) in [6, 6.07) is 5.71. The summed E-state index contributed by atoms with van der Waals surface area (Å²) in [4.78, 5) is 0. The van der Waals surface area contributed by atoms with Gasteiger partial charge in [-0.25, -0.2) is 0 Å². The first kappa shape index (κ1) is 18.3. The molecule has 0 radical (unpaired) electrons. The summed E-state index contributed by atoms with van der Waals surface area (Å²) >= 11 is 5.81. The Morgan fingerprint density at radius 3 is 2.42 bits per heavy atom. The largest absolute Gasteiger partial charge is 0.366 e. The highest BCUT2D eigenvalue weighted by atomic mass is 35.5. The topological polar surface area (TPSA) is 92.9 Å². The maximum atomic E-state index is 5.81. The first-order valence-electron chi connectivity index (χ1n) is 8.81. The normalized spacial score (nSPS) is 11.5. The lowest BCUT2D eigenvalue weighted by molar-refractivity contribution is 0.661. The van der Waals surface area contributed by atoms with Crippen molar-refractivity contribution >= 4 is 34.6 Å². The van der Waals surface area contributed by atoms with Crippen molar-refractivity contribution in [2.75, 3.05) is 10.6 Å². The molecular formula is C17H23ClN8. The minimum absolute atomic E-state index is 0.198. The van der Waals surface area contributed by atoms with Crippen LogP contribution in [-0.2, 0) is 0 Å². The average Bonchev–Trinajstić information content (AvgIpc) is 3.06. The molecule has 138 valence electrons. The summed E-state index contributed by atoms with van der Waals surface area (Å²) < 4.78 is 1.78. The fraction of sp³-hybridized carbons (Fsp3) is 0.471.